The number of halogens is 1. The second kappa shape index (κ2) is 7.82. The number of carbonyl (C=O) groups excluding carboxylic acids is 2. The van der Waals surface area contributed by atoms with E-state index in [1.54, 1.807) is 66.6 Å². The summed E-state index contributed by atoms with van der Waals surface area (Å²) in [5.74, 6) is -0.945. The van der Waals surface area contributed by atoms with Crippen LogP contribution in [0, 0.1) is 17.1 Å². The van der Waals surface area contributed by atoms with Gasteiger partial charge in [0.15, 0.2) is 5.78 Å². The van der Waals surface area contributed by atoms with Crippen molar-refractivity contribution in [3.8, 4) is 6.07 Å². The minimum atomic E-state index is -1.65. The first-order chi connectivity index (χ1) is 16.3. The average Bonchev–Trinajstić information content (AvgIpc) is 3.04. The summed E-state index contributed by atoms with van der Waals surface area (Å²) < 4.78 is 14.6. The van der Waals surface area contributed by atoms with Gasteiger partial charge >= 0.3 is 0 Å². The molecule has 0 radical (unpaired) electrons. The number of nitrogens with two attached hydrogens (primary N) is 1. The van der Waals surface area contributed by atoms with Crippen molar-refractivity contribution in [2.45, 2.75) is 31.2 Å². The Hall–Kier alpha value is -3.96. The van der Waals surface area contributed by atoms with Gasteiger partial charge < -0.3 is 10.6 Å². The molecule has 0 aromatic heterocycles. The number of amides is 1. The third-order valence-electron chi connectivity index (χ3n) is 6.84. The summed E-state index contributed by atoms with van der Waals surface area (Å²) in [6, 6.07) is 15.5. The van der Waals surface area contributed by atoms with Gasteiger partial charge in [-0.15, -0.1) is 0 Å². The van der Waals surface area contributed by atoms with E-state index in [1.165, 1.54) is 11.0 Å². The number of carbonyl (C=O) groups is 2. The maximum absolute atomic E-state index is 14.6. The van der Waals surface area contributed by atoms with E-state index >= 15 is 0 Å². The van der Waals surface area contributed by atoms with Crippen molar-refractivity contribution in [2.75, 3.05) is 19.0 Å². The van der Waals surface area contributed by atoms with Gasteiger partial charge in [-0.05, 0) is 25.0 Å². The molecule has 2 N–H and O–H groups in total. The molecule has 1 atom stereocenters. The predicted octanol–water partition coefficient (Wildman–Crippen LogP) is 3.10. The lowest BCUT2D eigenvalue weighted by molar-refractivity contribution is -0.124. The molecule has 2 heterocycles. The SMILES string of the molecule is CN(C)N1C(N)=C(C#N)[C@@]2(C(=O)N(Cc3ccccc3F)c3ccccc32)C2=C1CCCC2=O. The average molecular weight is 458 g/mol. The van der Waals surface area contributed by atoms with Crippen molar-refractivity contribution in [1.29, 1.82) is 5.26 Å². The van der Waals surface area contributed by atoms with Crippen LogP contribution < -0.4 is 10.6 Å². The standard InChI is InChI=1S/C26H24FN5O2/c1-30(2)32-21-12-7-13-22(33)23(21)26(18(14-28)24(32)29)17-9-4-6-11-20(17)31(25(26)34)15-16-8-3-5-10-19(16)27/h3-6,8-11H,7,12-13,15,29H2,1-2H3/t26-/m1/s1. The van der Waals surface area contributed by atoms with Crippen molar-refractivity contribution in [1.82, 2.24) is 10.0 Å². The highest BCUT2D eigenvalue weighted by atomic mass is 19.1. The minimum Gasteiger partial charge on any atom is -0.383 e. The number of nitrogens with zero attached hydrogens (tertiary/aromatic N) is 4. The Morgan fingerprint density at radius 2 is 1.82 bits per heavy atom. The van der Waals surface area contributed by atoms with E-state index in [9.17, 15) is 19.2 Å². The highest BCUT2D eigenvalue weighted by Crippen LogP contribution is 2.56. The molecule has 34 heavy (non-hydrogen) atoms. The molecule has 3 aliphatic rings. The number of Topliss-reactive ketones (excluding diaryl/α,β-unsaturated/α-hetero) is 1. The maximum Gasteiger partial charge on any atom is 0.248 e. The van der Waals surface area contributed by atoms with Crippen molar-refractivity contribution in [3.05, 3.63) is 88.1 Å². The number of fused-ring (bicyclic) bond motifs is 3. The van der Waals surface area contributed by atoms with Crippen LogP contribution in [0.4, 0.5) is 10.1 Å². The van der Waals surface area contributed by atoms with Gasteiger partial charge in [0.05, 0.1) is 12.1 Å². The number of para-hydroxylation sites is 1. The molecule has 2 aromatic carbocycles. The van der Waals surface area contributed by atoms with Crippen molar-refractivity contribution in [2.24, 2.45) is 5.73 Å². The van der Waals surface area contributed by atoms with Crippen LogP contribution in [0.25, 0.3) is 0 Å². The van der Waals surface area contributed by atoms with Crippen LogP contribution in [0.1, 0.15) is 30.4 Å². The Kier molecular flexibility index (Phi) is 5.03. The molecule has 0 saturated carbocycles. The molecule has 1 spiro atoms. The van der Waals surface area contributed by atoms with Gasteiger partial charge in [-0.3, -0.25) is 14.6 Å². The summed E-state index contributed by atoms with van der Waals surface area (Å²) in [6.07, 6.45) is 1.45. The van der Waals surface area contributed by atoms with Gasteiger partial charge in [-0.25, -0.2) is 9.40 Å². The molecular formula is C26H24FN5O2. The molecule has 5 rings (SSSR count). The Morgan fingerprint density at radius 1 is 1.12 bits per heavy atom. The van der Waals surface area contributed by atoms with Crippen molar-refractivity contribution in [3.63, 3.8) is 0 Å². The van der Waals surface area contributed by atoms with E-state index in [0.29, 0.717) is 40.9 Å². The molecule has 1 aliphatic carbocycles. The fourth-order valence-electron chi connectivity index (χ4n) is 5.52. The fourth-order valence-corrected chi connectivity index (χ4v) is 5.52. The van der Waals surface area contributed by atoms with Gasteiger partial charge in [0.25, 0.3) is 0 Å². The number of allylic oxidation sites excluding steroid dienone is 1. The second-order valence-corrected chi connectivity index (χ2v) is 8.88. The summed E-state index contributed by atoms with van der Waals surface area (Å²) in [6.45, 7) is -0.0307. The van der Waals surface area contributed by atoms with Crippen LogP contribution in [-0.2, 0) is 21.5 Å². The number of hydrazine groups is 1. The minimum absolute atomic E-state index is 0.0173. The molecule has 2 aromatic rings. The van der Waals surface area contributed by atoms with E-state index in [4.69, 9.17) is 5.73 Å². The van der Waals surface area contributed by atoms with Crippen molar-refractivity contribution >= 4 is 17.4 Å². The number of hydrogen-bond donors (Lipinski definition) is 1. The second-order valence-electron chi connectivity index (χ2n) is 8.88. The summed E-state index contributed by atoms with van der Waals surface area (Å²) >= 11 is 0. The molecule has 1 amide bonds. The Morgan fingerprint density at radius 3 is 2.53 bits per heavy atom. The lowest BCUT2D eigenvalue weighted by Gasteiger charge is -2.45. The summed E-state index contributed by atoms with van der Waals surface area (Å²) in [5.41, 5.74) is 7.25. The maximum atomic E-state index is 14.6. The number of anilines is 1. The van der Waals surface area contributed by atoms with Crippen LogP contribution in [0.5, 0.6) is 0 Å². The first kappa shape index (κ1) is 21.9. The smallest absolute Gasteiger partial charge is 0.248 e. The molecular weight excluding hydrogens is 433 g/mol. The van der Waals surface area contributed by atoms with Crippen molar-refractivity contribution < 1.29 is 14.0 Å². The summed E-state index contributed by atoms with van der Waals surface area (Å²) in [7, 11) is 3.55. The lowest BCUT2D eigenvalue weighted by Crippen LogP contribution is -2.54. The van der Waals surface area contributed by atoms with E-state index in [0.717, 1.165) is 0 Å². The number of ketones is 1. The van der Waals surface area contributed by atoms with Gasteiger partial charge in [0.2, 0.25) is 5.91 Å². The number of benzene rings is 2. The molecule has 7 nitrogen and oxygen atoms in total. The third-order valence-corrected chi connectivity index (χ3v) is 6.84. The van der Waals surface area contributed by atoms with Crippen LogP contribution in [-0.4, -0.2) is 35.8 Å². The van der Waals surface area contributed by atoms with Crippen LogP contribution in [0.15, 0.2) is 71.2 Å². The predicted molar refractivity (Wildman–Crippen MR) is 124 cm³/mol. The number of rotatable bonds is 3. The zero-order valence-electron chi connectivity index (χ0n) is 19.0. The Bertz CT molecular complexity index is 1340. The normalized spacial score (nSPS) is 22.0. The highest BCUT2D eigenvalue weighted by molar-refractivity contribution is 6.20. The highest BCUT2D eigenvalue weighted by Gasteiger charge is 2.62. The zero-order chi connectivity index (χ0) is 24.2. The van der Waals surface area contributed by atoms with Crippen LogP contribution in [0.3, 0.4) is 0 Å². The molecule has 8 heteroatoms. The molecule has 0 unspecified atom stereocenters. The first-order valence-corrected chi connectivity index (χ1v) is 11.1. The topological polar surface area (TPSA) is 93.7 Å². The quantitative estimate of drug-likeness (QED) is 0.761. The molecule has 172 valence electrons. The largest absolute Gasteiger partial charge is 0.383 e. The van der Waals surface area contributed by atoms with Gasteiger partial charge in [0, 0.05) is 48.6 Å². The zero-order valence-corrected chi connectivity index (χ0v) is 19.0. The number of hydrogen-bond acceptors (Lipinski definition) is 6. The molecule has 0 fully saturated rings. The van der Waals surface area contributed by atoms with Gasteiger partial charge in [0.1, 0.15) is 23.1 Å². The van der Waals surface area contributed by atoms with E-state index in [2.05, 4.69) is 6.07 Å². The van der Waals surface area contributed by atoms with Crippen LogP contribution >= 0.6 is 0 Å². The molecule has 0 bridgehead atoms. The summed E-state index contributed by atoms with van der Waals surface area (Å²) in [4.78, 5) is 29.4. The van der Waals surface area contributed by atoms with E-state index in [-0.39, 0.29) is 30.1 Å². The van der Waals surface area contributed by atoms with Crippen LogP contribution in [0.2, 0.25) is 0 Å². The van der Waals surface area contributed by atoms with Gasteiger partial charge in [-0.1, -0.05) is 36.4 Å². The lowest BCUT2D eigenvalue weighted by atomic mass is 9.64. The Labute approximate surface area is 197 Å². The number of nitriles is 1. The fraction of sp³-hybridized carbons (Fsp3) is 0.269. The van der Waals surface area contributed by atoms with Gasteiger partial charge in [-0.2, -0.15) is 5.26 Å². The van der Waals surface area contributed by atoms with E-state index in [1.807, 2.05) is 0 Å². The first-order valence-electron chi connectivity index (χ1n) is 11.1. The van der Waals surface area contributed by atoms with E-state index < -0.39 is 17.1 Å². The third kappa shape index (κ3) is 2.77. The Balaban J connectivity index is 1.81. The molecule has 2 aliphatic heterocycles. The summed E-state index contributed by atoms with van der Waals surface area (Å²) in [5, 5.41) is 13.7. The molecule has 0 saturated heterocycles. The monoisotopic (exact) mass is 457 g/mol.